The van der Waals surface area contributed by atoms with Gasteiger partial charge in [0, 0.05) is 5.69 Å². The molecule has 0 unspecified atom stereocenters. The number of hydrogen-bond acceptors (Lipinski definition) is 5. The Bertz CT molecular complexity index is 1080. The number of nitrogens with zero attached hydrogens (tertiary/aromatic N) is 2. The molecule has 1 fully saturated rings. The Kier molecular flexibility index (Phi) is 6.51. The van der Waals surface area contributed by atoms with Crippen molar-refractivity contribution < 1.29 is 18.7 Å². The maximum Gasteiger partial charge on any atom is 0.256 e. The van der Waals surface area contributed by atoms with Crippen LogP contribution in [-0.2, 0) is 16.1 Å². The van der Waals surface area contributed by atoms with E-state index >= 15 is 0 Å². The van der Waals surface area contributed by atoms with Gasteiger partial charge in [-0.2, -0.15) is 0 Å². The first kappa shape index (κ1) is 21.6. The van der Waals surface area contributed by atoms with Crippen molar-refractivity contribution in [3.8, 4) is 5.75 Å². The van der Waals surface area contributed by atoms with Crippen LogP contribution in [0.5, 0.6) is 5.75 Å². The van der Waals surface area contributed by atoms with Crippen LogP contribution in [0.2, 0.25) is 0 Å². The summed E-state index contributed by atoms with van der Waals surface area (Å²) in [6, 6.07) is 19.1. The Morgan fingerprint density at radius 1 is 1.09 bits per heavy atom. The number of thiocarbonyl (C=S) groups is 1. The lowest BCUT2D eigenvalue weighted by atomic mass is 10.1. The molecular weight excluding hydrogens is 426 g/mol. The molecule has 164 valence electrons. The van der Waals surface area contributed by atoms with Crippen molar-refractivity contribution in [3.05, 3.63) is 78.8 Å². The molecule has 0 radical (unpaired) electrons. The molecular formula is C24H23N3O4S. The highest BCUT2D eigenvalue weighted by molar-refractivity contribution is 7.80. The van der Waals surface area contributed by atoms with Crippen LogP contribution in [0.4, 0.5) is 11.4 Å². The first-order chi connectivity index (χ1) is 15.6. The van der Waals surface area contributed by atoms with E-state index in [4.69, 9.17) is 21.4 Å². The van der Waals surface area contributed by atoms with Gasteiger partial charge in [-0.25, -0.2) is 0 Å². The second-order valence-electron chi connectivity index (χ2n) is 7.22. The van der Waals surface area contributed by atoms with E-state index in [-0.39, 0.29) is 18.2 Å². The Labute approximate surface area is 191 Å². The predicted octanol–water partition coefficient (Wildman–Crippen LogP) is 4.21. The SMILES string of the molecule is CCOc1ccc(NC(=O)C[C@H]2C(=O)N(c3ccccc3)C(=S)N2Cc2ccco2)cc1. The number of amides is 2. The van der Waals surface area contributed by atoms with E-state index < -0.39 is 6.04 Å². The molecule has 2 aromatic carbocycles. The van der Waals surface area contributed by atoms with Gasteiger partial charge in [-0.15, -0.1) is 0 Å². The normalized spacial score (nSPS) is 15.8. The molecule has 1 aliphatic heterocycles. The average molecular weight is 450 g/mol. The molecule has 1 atom stereocenters. The molecule has 2 amide bonds. The first-order valence-corrected chi connectivity index (χ1v) is 10.7. The van der Waals surface area contributed by atoms with Crippen LogP contribution in [-0.4, -0.2) is 34.5 Å². The van der Waals surface area contributed by atoms with Crippen molar-refractivity contribution in [2.75, 3.05) is 16.8 Å². The minimum Gasteiger partial charge on any atom is -0.494 e. The highest BCUT2D eigenvalue weighted by Crippen LogP contribution is 2.29. The third-order valence-electron chi connectivity index (χ3n) is 5.07. The number of carbonyl (C=O) groups excluding carboxylic acids is 2. The van der Waals surface area contributed by atoms with Crippen molar-refractivity contribution >= 4 is 40.5 Å². The van der Waals surface area contributed by atoms with E-state index in [1.165, 1.54) is 4.90 Å². The summed E-state index contributed by atoms with van der Waals surface area (Å²) < 4.78 is 10.9. The number of furan rings is 1. The van der Waals surface area contributed by atoms with Crippen LogP contribution >= 0.6 is 12.2 Å². The molecule has 7 nitrogen and oxygen atoms in total. The van der Waals surface area contributed by atoms with Crippen LogP contribution in [0.15, 0.2) is 77.4 Å². The summed E-state index contributed by atoms with van der Waals surface area (Å²) >= 11 is 5.64. The van der Waals surface area contributed by atoms with E-state index in [0.717, 1.165) is 5.75 Å². The summed E-state index contributed by atoms with van der Waals surface area (Å²) in [7, 11) is 0. The second kappa shape index (κ2) is 9.65. The Balaban J connectivity index is 1.52. The number of nitrogens with one attached hydrogen (secondary N) is 1. The van der Waals surface area contributed by atoms with Crippen LogP contribution in [0.3, 0.4) is 0 Å². The van der Waals surface area contributed by atoms with Gasteiger partial charge in [0.1, 0.15) is 17.6 Å². The smallest absolute Gasteiger partial charge is 0.256 e. The van der Waals surface area contributed by atoms with E-state index in [9.17, 15) is 9.59 Å². The molecule has 1 saturated heterocycles. The number of hydrogen-bond donors (Lipinski definition) is 1. The lowest BCUT2D eigenvalue weighted by Crippen LogP contribution is -2.37. The number of ether oxygens (including phenoxy) is 1. The molecule has 1 N–H and O–H groups in total. The zero-order chi connectivity index (χ0) is 22.5. The molecule has 0 spiro atoms. The van der Waals surface area contributed by atoms with Crippen LogP contribution in [0.1, 0.15) is 19.1 Å². The monoisotopic (exact) mass is 449 g/mol. The van der Waals surface area contributed by atoms with Gasteiger partial charge in [0.05, 0.1) is 31.5 Å². The second-order valence-corrected chi connectivity index (χ2v) is 7.59. The van der Waals surface area contributed by atoms with Crippen molar-refractivity contribution in [2.45, 2.75) is 25.9 Å². The molecule has 32 heavy (non-hydrogen) atoms. The number of carbonyl (C=O) groups is 2. The molecule has 3 aromatic rings. The van der Waals surface area contributed by atoms with E-state index in [0.29, 0.717) is 35.4 Å². The van der Waals surface area contributed by atoms with Crippen molar-refractivity contribution in [2.24, 2.45) is 0 Å². The topological polar surface area (TPSA) is 75.0 Å². The van der Waals surface area contributed by atoms with Crippen molar-refractivity contribution in [1.82, 2.24) is 4.90 Å². The molecule has 8 heteroatoms. The van der Waals surface area contributed by atoms with Gasteiger partial charge >= 0.3 is 0 Å². The lowest BCUT2D eigenvalue weighted by molar-refractivity contribution is -0.124. The number of benzene rings is 2. The van der Waals surface area contributed by atoms with Crippen LogP contribution in [0.25, 0.3) is 0 Å². The number of rotatable bonds is 8. The zero-order valence-corrected chi connectivity index (χ0v) is 18.4. The summed E-state index contributed by atoms with van der Waals surface area (Å²) in [5.74, 6) is 0.862. The van der Waals surface area contributed by atoms with E-state index in [2.05, 4.69) is 5.32 Å². The lowest BCUT2D eigenvalue weighted by Gasteiger charge is -2.22. The predicted molar refractivity (Wildman–Crippen MR) is 125 cm³/mol. The summed E-state index contributed by atoms with van der Waals surface area (Å²) in [6.45, 7) is 2.77. The van der Waals surface area contributed by atoms with Gasteiger partial charge in [-0.3, -0.25) is 14.5 Å². The zero-order valence-electron chi connectivity index (χ0n) is 17.6. The Hall–Kier alpha value is -3.65. The standard InChI is InChI=1S/C24H23N3O4S/c1-2-30-19-12-10-17(11-13-19)25-22(28)15-21-23(29)27(18-7-4-3-5-8-18)24(32)26(21)16-20-9-6-14-31-20/h3-14,21H,2,15-16H2,1H3,(H,25,28)/t21-/m0/s1. The maximum absolute atomic E-state index is 13.3. The van der Waals surface area contributed by atoms with Crippen molar-refractivity contribution in [3.63, 3.8) is 0 Å². The minimum atomic E-state index is -0.740. The summed E-state index contributed by atoms with van der Waals surface area (Å²) in [4.78, 5) is 29.4. The molecule has 0 saturated carbocycles. The fourth-order valence-corrected chi connectivity index (χ4v) is 3.97. The molecule has 0 bridgehead atoms. The fourth-order valence-electron chi connectivity index (χ4n) is 3.59. The quantitative estimate of drug-likeness (QED) is 0.520. The minimum absolute atomic E-state index is 0.0454. The third kappa shape index (κ3) is 4.65. The summed E-state index contributed by atoms with van der Waals surface area (Å²) in [5.41, 5.74) is 1.30. The molecule has 0 aliphatic carbocycles. The Morgan fingerprint density at radius 2 is 1.84 bits per heavy atom. The van der Waals surface area contributed by atoms with Gasteiger partial charge in [-0.1, -0.05) is 18.2 Å². The maximum atomic E-state index is 13.3. The average Bonchev–Trinajstić information content (AvgIpc) is 3.38. The molecule has 1 aromatic heterocycles. The van der Waals surface area contributed by atoms with Gasteiger partial charge < -0.3 is 19.4 Å². The summed E-state index contributed by atoms with van der Waals surface area (Å²) in [5, 5.41) is 3.19. The van der Waals surface area contributed by atoms with Gasteiger partial charge in [0.15, 0.2) is 5.11 Å². The van der Waals surface area contributed by atoms with Gasteiger partial charge in [0.2, 0.25) is 5.91 Å². The highest BCUT2D eigenvalue weighted by atomic mass is 32.1. The largest absolute Gasteiger partial charge is 0.494 e. The van der Waals surface area contributed by atoms with E-state index in [1.54, 1.807) is 41.5 Å². The number of anilines is 2. The summed E-state index contributed by atoms with van der Waals surface area (Å²) in [6.07, 6.45) is 1.52. The number of para-hydroxylation sites is 1. The van der Waals surface area contributed by atoms with Crippen LogP contribution < -0.4 is 15.0 Å². The first-order valence-electron chi connectivity index (χ1n) is 10.3. The fraction of sp³-hybridized carbons (Fsp3) is 0.208. The highest BCUT2D eigenvalue weighted by Gasteiger charge is 2.44. The van der Waals surface area contributed by atoms with Gasteiger partial charge in [-0.05, 0) is 67.7 Å². The third-order valence-corrected chi connectivity index (χ3v) is 5.48. The molecule has 1 aliphatic rings. The molecule has 2 heterocycles. The van der Waals surface area contributed by atoms with Crippen molar-refractivity contribution in [1.29, 1.82) is 0 Å². The van der Waals surface area contributed by atoms with Gasteiger partial charge in [0.25, 0.3) is 5.91 Å². The van der Waals surface area contributed by atoms with Crippen LogP contribution in [0, 0.1) is 0 Å². The Morgan fingerprint density at radius 3 is 2.50 bits per heavy atom. The van der Waals surface area contributed by atoms with E-state index in [1.807, 2.05) is 43.3 Å². The molecule has 4 rings (SSSR count).